The molecule has 6 heteroatoms. The third-order valence-corrected chi connectivity index (χ3v) is 6.83. The zero-order valence-electron chi connectivity index (χ0n) is 19.4. The maximum atomic E-state index is 6.24. The van der Waals surface area contributed by atoms with Crippen molar-refractivity contribution in [2.75, 3.05) is 14.1 Å². The summed E-state index contributed by atoms with van der Waals surface area (Å²) < 4.78 is 0. The Morgan fingerprint density at radius 1 is 1.28 bits per heavy atom. The fourth-order valence-electron chi connectivity index (χ4n) is 3.68. The van der Waals surface area contributed by atoms with Crippen molar-refractivity contribution in [3.05, 3.63) is 93.4 Å². The van der Waals surface area contributed by atoms with E-state index in [9.17, 15) is 0 Å². The lowest BCUT2D eigenvalue weighted by atomic mass is 9.78. The Morgan fingerprint density at radius 2 is 2.00 bits per heavy atom. The van der Waals surface area contributed by atoms with Gasteiger partial charge in [-0.1, -0.05) is 36.4 Å². The Labute approximate surface area is 196 Å². The van der Waals surface area contributed by atoms with Gasteiger partial charge in [0.25, 0.3) is 0 Å². The summed E-state index contributed by atoms with van der Waals surface area (Å²) in [7, 11) is 3.63. The Kier molecular flexibility index (Phi) is 9.05. The van der Waals surface area contributed by atoms with Crippen molar-refractivity contribution < 1.29 is 0 Å². The van der Waals surface area contributed by atoms with Crippen LogP contribution in [0.25, 0.3) is 11.8 Å². The van der Waals surface area contributed by atoms with Crippen LogP contribution in [-0.4, -0.2) is 20.4 Å². The van der Waals surface area contributed by atoms with Crippen molar-refractivity contribution >= 4 is 29.4 Å². The van der Waals surface area contributed by atoms with E-state index in [1.807, 2.05) is 32.2 Å². The number of fused-ring (bicyclic) bond motifs is 1. The van der Waals surface area contributed by atoms with Crippen LogP contribution in [0.15, 0.2) is 71.2 Å². The molecule has 0 spiro atoms. The molecule has 1 heterocycles. The van der Waals surface area contributed by atoms with Gasteiger partial charge in [-0.3, -0.25) is 4.99 Å². The second kappa shape index (κ2) is 11.5. The average Bonchev–Trinajstić information content (AvgIpc) is 3.47. The first-order chi connectivity index (χ1) is 15.3. The van der Waals surface area contributed by atoms with Gasteiger partial charge in [0.2, 0.25) is 0 Å². The zero-order valence-corrected chi connectivity index (χ0v) is 20.2. The van der Waals surface area contributed by atoms with Crippen LogP contribution in [-0.2, 0) is 12.0 Å². The number of thiophene rings is 1. The minimum Gasteiger partial charge on any atom is -0.402 e. The molecule has 0 fully saturated rings. The van der Waals surface area contributed by atoms with Crippen molar-refractivity contribution in [2.45, 2.75) is 31.7 Å². The minimum atomic E-state index is -0.291. The largest absolute Gasteiger partial charge is 0.402 e. The molecule has 2 atom stereocenters. The van der Waals surface area contributed by atoms with Gasteiger partial charge in [-0.05, 0) is 62.2 Å². The summed E-state index contributed by atoms with van der Waals surface area (Å²) in [5.74, 6) is 0.125. The van der Waals surface area contributed by atoms with Crippen LogP contribution >= 0.6 is 11.3 Å². The van der Waals surface area contributed by atoms with Crippen LogP contribution in [0.4, 0.5) is 0 Å². The summed E-state index contributed by atoms with van der Waals surface area (Å²) in [6, 6.07) is 8.92. The topological polar surface area (TPSA) is 102 Å². The normalized spacial score (nSPS) is 16.2. The minimum absolute atomic E-state index is 0.125. The highest BCUT2D eigenvalue weighted by Gasteiger charge is 2.35. The zero-order chi connectivity index (χ0) is 23.7. The van der Waals surface area contributed by atoms with Crippen LogP contribution in [0, 0.1) is 0 Å². The Morgan fingerprint density at radius 3 is 2.59 bits per heavy atom. The predicted octanol–water partition coefficient (Wildman–Crippen LogP) is 4.49. The van der Waals surface area contributed by atoms with E-state index >= 15 is 0 Å². The summed E-state index contributed by atoms with van der Waals surface area (Å²) in [5, 5.41) is 5.64. The van der Waals surface area contributed by atoms with E-state index in [0.29, 0.717) is 5.70 Å². The quantitative estimate of drug-likeness (QED) is 0.216. The van der Waals surface area contributed by atoms with Crippen LogP contribution < -0.4 is 22.5 Å². The molecule has 2 aromatic rings. The second-order valence-corrected chi connectivity index (χ2v) is 8.78. The lowest BCUT2D eigenvalue weighted by molar-refractivity contribution is 0.367. The number of nitrogens with one attached hydrogen (secondary N) is 1. The summed E-state index contributed by atoms with van der Waals surface area (Å²) in [5.41, 5.74) is 22.8. The molecular formula is C26H35N5S. The first-order valence-electron chi connectivity index (χ1n) is 10.5. The van der Waals surface area contributed by atoms with Crippen LogP contribution in [0.5, 0.6) is 0 Å². The first kappa shape index (κ1) is 25.2. The summed E-state index contributed by atoms with van der Waals surface area (Å²) in [6.07, 6.45) is 12.4. The van der Waals surface area contributed by atoms with Gasteiger partial charge < -0.3 is 22.5 Å². The van der Waals surface area contributed by atoms with Crippen LogP contribution in [0.1, 0.15) is 46.9 Å². The molecular weight excluding hydrogens is 414 g/mol. The molecule has 5 nitrogen and oxygen atoms in total. The third-order valence-electron chi connectivity index (χ3n) is 5.66. The second-order valence-electron chi connectivity index (χ2n) is 7.87. The third kappa shape index (κ3) is 5.78. The van der Waals surface area contributed by atoms with Gasteiger partial charge in [-0.2, -0.15) is 0 Å². The number of hydrogen-bond donors (Lipinski definition) is 4. The fraction of sp³-hybridized carbons (Fsp3) is 0.269. The monoisotopic (exact) mass is 449 g/mol. The smallest absolute Gasteiger partial charge is 0.0794 e. The standard InChI is InChI=1S/C24H29N3S.C2H6N2/c1-5-21(19-11-10-17-7-6-8-18(17)13-19)24(3,27-4)23-14-20(15-28-23)22(26)12-9-16(2)25;1-4-2-3/h5-6,8-15,21,27H,1,7,25-26H2,2-4H3;2H,1H3,(H2,3,4)/b16-9-,22-12-;/t21?,24-;/m0./s1. The van der Waals surface area contributed by atoms with Crippen LogP contribution in [0.2, 0.25) is 0 Å². The molecule has 0 bridgehead atoms. The first-order valence-corrected chi connectivity index (χ1v) is 11.4. The lowest BCUT2D eigenvalue weighted by Gasteiger charge is -2.36. The summed E-state index contributed by atoms with van der Waals surface area (Å²) >= 11 is 1.71. The number of nitrogens with zero attached hydrogens (tertiary/aromatic N) is 1. The number of hydrogen-bond acceptors (Lipinski definition) is 5. The van der Waals surface area contributed by atoms with Gasteiger partial charge in [-0.25, -0.2) is 0 Å². The van der Waals surface area contributed by atoms with E-state index in [4.69, 9.17) is 17.2 Å². The van der Waals surface area contributed by atoms with E-state index in [1.165, 1.54) is 27.9 Å². The van der Waals surface area contributed by atoms with Crippen molar-refractivity contribution in [1.82, 2.24) is 5.32 Å². The highest BCUT2D eigenvalue weighted by molar-refractivity contribution is 7.10. The van der Waals surface area contributed by atoms with Gasteiger partial charge >= 0.3 is 0 Å². The molecule has 1 aliphatic rings. The molecule has 7 N–H and O–H groups in total. The molecule has 0 amide bonds. The fourth-order valence-corrected chi connectivity index (χ4v) is 4.80. The van der Waals surface area contributed by atoms with E-state index < -0.39 is 0 Å². The van der Waals surface area contributed by atoms with Gasteiger partial charge in [0, 0.05) is 40.2 Å². The molecule has 0 saturated carbocycles. The molecule has 1 aromatic heterocycles. The van der Waals surface area contributed by atoms with Gasteiger partial charge in [0.05, 0.1) is 11.9 Å². The van der Waals surface area contributed by atoms with Gasteiger partial charge in [-0.15, -0.1) is 17.9 Å². The van der Waals surface area contributed by atoms with E-state index in [1.54, 1.807) is 18.4 Å². The SMILES string of the molecule is C=CC(c1ccc2c(c1)C=CC2)[C@](C)(NC)c1cc(/C(N)=C/C=C(/C)N)cs1.CN=CN. The highest BCUT2D eigenvalue weighted by atomic mass is 32.1. The lowest BCUT2D eigenvalue weighted by Crippen LogP contribution is -2.41. The van der Waals surface area contributed by atoms with Gasteiger partial charge in [0.1, 0.15) is 0 Å². The average molecular weight is 450 g/mol. The maximum absolute atomic E-state index is 6.24. The Balaban J connectivity index is 0.000000837. The molecule has 1 aliphatic carbocycles. The number of rotatable bonds is 7. The number of likely N-dealkylation sites (N-methyl/N-ethyl adjacent to an activating group) is 1. The molecule has 3 rings (SSSR count). The van der Waals surface area contributed by atoms with Crippen LogP contribution in [0.3, 0.4) is 0 Å². The van der Waals surface area contributed by atoms with E-state index in [2.05, 4.69) is 65.6 Å². The number of allylic oxidation sites excluding steroid dienone is 4. The maximum Gasteiger partial charge on any atom is 0.0794 e. The van der Waals surface area contributed by atoms with Gasteiger partial charge in [0.15, 0.2) is 0 Å². The van der Waals surface area contributed by atoms with Crippen molar-refractivity contribution in [3.8, 4) is 0 Å². The number of benzene rings is 1. The predicted molar refractivity (Wildman–Crippen MR) is 142 cm³/mol. The van der Waals surface area contributed by atoms with E-state index in [-0.39, 0.29) is 11.5 Å². The number of aliphatic imine (C=N–C) groups is 1. The molecule has 0 saturated heterocycles. The Hall–Kier alpha value is -3.09. The molecule has 1 unspecified atom stereocenters. The molecule has 170 valence electrons. The van der Waals surface area contributed by atoms with Crippen molar-refractivity contribution in [2.24, 2.45) is 22.2 Å². The van der Waals surface area contributed by atoms with E-state index in [0.717, 1.165) is 17.7 Å². The Bertz CT molecular complexity index is 1040. The molecule has 0 radical (unpaired) electrons. The molecule has 1 aromatic carbocycles. The van der Waals surface area contributed by atoms with Crippen molar-refractivity contribution in [3.63, 3.8) is 0 Å². The number of nitrogens with two attached hydrogens (primary N) is 3. The summed E-state index contributed by atoms with van der Waals surface area (Å²) in [6.45, 7) is 8.22. The summed E-state index contributed by atoms with van der Waals surface area (Å²) in [4.78, 5) is 4.61. The van der Waals surface area contributed by atoms with Crippen molar-refractivity contribution in [1.29, 1.82) is 0 Å². The molecule has 0 aliphatic heterocycles. The highest BCUT2D eigenvalue weighted by Crippen LogP contribution is 2.41. The molecule has 32 heavy (non-hydrogen) atoms.